The van der Waals surface area contributed by atoms with Crippen LogP contribution in [-0.4, -0.2) is 37.2 Å². The number of carbonyl (C=O) groups excluding carboxylic acids is 1. The molecular weight excluding hydrogens is 286 g/mol. The van der Waals surface area contributed by atoms with Crippen molar-refractivity contribution < 1.29 is 9.53 Å². The third kappa shape index (κ3) is 4.49. The van der Waals surface area contributed by atoms with Gasteiger partial charge < -0.3 is 15.8 Å². The molecule has 1 heterocycles. The molecule has 0 atom stereocenters. The van der Waals surface area contributed by atoms with Crippen molar-refractivity contribution in [3.63, 3.8) is 0 Å². The first-order valence-electron chi connectivity index (χ1n) is 7.69. The average Bonchev–Trinajstić information content (AvgIpc) is 2.90. The summed E-state index contributed by atoms with van der Waals surface area (Å²) in [6.07, 6.45) is 5.36. The van der Waals surface area contributed by atoms with Gasteiger partial charge in [0, 0.05) is 31.6 Å². The van der Waals surface area contributed by atoms with E-state index in [4.69, 9.17) is 10.5 Å². The van der Waals surface area contributed by atoms with Gasteiger partial charge in [-0.25, -0.2) is 4.98 Å². The highest BCUT2D eigenvalue weighted by Crippen LogP contribution is 2.43. The largest absolute Gasteiger partial charge is 0.382 e. The molecule has 1 saturated carbocycles. The van der Waals surface area contributed by atoms with Crippen molar-refractivity contribution in [3.8, 4) is 0 Å². The highest BCUT2D eigenvalue weighted by Gasteiger charge is 2.36. The summed E-state index contributed by atoms with van der Waals surface area (Å²) in [5, 5.41) is 5.78. The fraction of sp³-hybridized carbons (Fsp3) is 0.733. The summed E-state index contributed by atoms with van der Waals surface area (Å²) >= 11 is 1.50. The monoisotopic (exact) mass is 311 g/mol. The summed E-state index contributed by atoms with van der Waals surface area (Å²) in [6, 6.07) is 0. The van der Waals surface area contributed by atoms with Crippen molar-refractivity contribution in [1.29, 1.82) is 0 Å². The third-order valence-electron chi connectivity index (χ3n) is 4.16. The number of aromatic nitrogens is 1. The zero-order chi connectivity index (χ0) is 15.1. The molecule has 0 aromatic carbocycles. The molecule has 1 aromatic heterocycles. The second-order valence-electron chi connectivity index (χ2n) is 5.65. The number of hydrogen-bond donors (Lipinski definition) is 2. The molecule has 1 aliphatic carbocycles. The summed E-state index contributed by atoms with van der Waals surface area (Å²) < 4.78 is 5.45. The maximum absolute atomic E-state index is 12.1. The van der Waals surface area contributed by atoms with Crippen molar-refractivity contribution in [1.82, 2.24) is 10.3 Å². The lowest BCUT2D eigenvalue weighted by Crippen LogP contribution is -2.43. The van der Waals surface area contributed by atoms with Crippen molar-refractivity contribution in [3.05, 3.63) is 16.1 Å². The highest BCUT2D eigenvalue weighted by molar-refractivity contribution is 7.09. The minimum Gasteiger partial charge on any atom is -0.382 e. The number of nitrogens with zero attached hydrogens (tertiary/aromatic N) is 1. The zero-order valence-corrected chi connectivity index (χ0v) is 13.5. The van der Waals surface area contributed by atoms with Gasteiger partial charge in [-0.05, 0) is 38.1 Å². The standard InChI is InChI=1S/C15H25N3O2S/c1-2-20-9-7-15(5-3-6-15)11-17-14(19)12-10-21-13(18-12)4-8-16/h10H,2-9,11,16H2,1H3,(H,17,19). The minimum atomic E-state index is -0.0720. The maximum atomic E-state index is 12.1. The Morgan fingerprint density at radius 2 is 2.38 bits per heavy atom. The number of thiazole rings is 1. The molecule has 2 rings (SSSR count). The lowest BCUT2D eigenvalue weighted by Gasteiger charge is -2.42. The summed E-state index contributed by atoms with van der Waals surface area (Å²) in [4.78, 5) is 16.5. The molecule has 0 aliphatic heterocycles. The van der Waals surface area contributed by atoms with Gasteiger partial charge in [0.15, 0.2) is 0 Å². The Bertz CT molecular complexity index is 458. The predicted octanol–water partition coefficient (Wildman–Crippen LogP) is 1.97. The molecule has 0 bridgehead atoms. The molecule has 0 radical (unpaired) electrons. The number of nitrogens with one attached hydrogen (secondary N) is 1. The van der Waals surface area contributed by atoms with E-state index in [0.29, 0.717) is 12.2 Å². The Kier molecular flexibility index (Phi) is 6.14. The molecule has 1 aliphatic rings. The van der Waals surface area contributed by atoms with Gasteiger partial charge in [-0.2, -0.15) is 0 Å². The first-order valence-corrected chi connectivity index (χ1v) is 8.57. The minimum absolute atomic E-state index is 0.0720. The highest BCUT2D eigenvalue weighted by atomic mass is 32.1. The second kappa shape index (κ2) is 7.87. The lowest BCUT2D eigenvalue weighted by atomic mass is 9.67. The van der Waals surface area contributed by atoms with Crippen molar-refractivity contribution >= 4 is 17.2 Å². The number of rotatable bonds is 9. The predicted molar refractivity (Wildman–Crippen MR) is 84.6 cm³/mol. The van der Waals surface area contributed by atoms with E-state index in [2.05, 4.69) is 10.3 Å². The Morgan fingerprint density at radius 1 is 1.57 bits per heavy atom. The molecule has 0 spiro atoms. The smallest absolute Gasteiger partial charge is 0.270 e. The van der Waals surface area contributed by atoms with E-state index in [-0.39, 0.29) is 11.3 Å². The van der Waals surface area contributed by atoms with E-state index in [0.717, 1.165) is 37.6 Å². The molecule has 0 unspecified atom stereocenters. The van der Waals surface area contributed by atoms with Crippen molar-refractivity contribution in [2.75, 3.05) is 26.3 Å². The zero-order valence-electron chi connectivity index (χ0n) is 12.7. The van der Waals surface area contributed by atoms with Gasteiger partial charge in [0.1, 0.15) is 5.69 Å². The first-order chi connectivity index (χ1) is 10.2. The van der Waals surface area contributed by atoms with E-state index in [1.54, 1.807) is 0 Å². The van der Waals surface area contributed by atoms with Crippen LogP contribution in [0.4, 0.5) is 0 Å². The maximum Gasteiger partial charge on any atom is 0.270 e. The Hall–Kier alpha value is -0.980. The number of hydrogen-bond acceptors (Lipinski definition) is 5. The number of amides is 1. The second-order valence-corrected chi connectivity index (χ2v) is 6.59. The van der Waals surface area contributed by atoms with E-state index >= 15 is 0 Å². The summed E-state index contributed by atoms with van der Waals surface area (Å²) in [5.41, 5.74) is 6.25. The van der Waals surface area contributed by atoms with Crippen LogP contribution in [0, 0.1) is 5.41 Å². The topological polar surface area (TPSA) is 77.2 Å². The van der Waals surface area contributed by atoms with Crippen LogP contribution in [0.15, 0.2) is 5.38 Å². The first kappa shape index (κ1) is 16.4. The Balaban J connectivity index is 1.81. The van der Waals surface area contributed by atoms with Gasteiger partial charge in [0.25, 0.3) is 5.91 Å². The van der Waals surface area contributed by atoms with Crippen molar-refractivity contribution in [2.24, 2.45) is 11.1 Å². The number of carbonyl (C=O) groups is 1. The van der Waals surface area contributed by atoms with Crippen LogP contribution in [-0.2, 0) is 11.2 Å². The molecule has 1 fully saturated rings. The number of ether oxygens (including phenoxy) is 1. The molecule has 5 nitrogen and oxygen atoms in total. The summed E-state index contributed by atoms with van der Waals surface area (Å²) in [7, 11) is 0. The van der Waals surface area contributed by atoms with Crippen LogP contribution in [0.3, 0.4) is 0 Å². The molecule has 1 amide bonds. The molecular formula is C15H25N3O2S. The van der Waals surface area contributed by atoms with Gasteiger partial charge in [0.2, 0.25) is 0 Å². The third-order valence-corrected chi connectivity index (χ3v) is 5.07. The number of nitrogens with two attached hydrogens (primary N) is 1. The fourth-order valence-electron chi connectivity index (χ4n) is 2.64. The van der Waals surface area contributed by atoms with Crippen molar-refractivity contribution in [2.45, 2.75) is 39.0 Å². The Labute approximate surface area is 130 Å². The fourth-order valence-corrected chi connectivity index (χ4v) is 3.43. The van der Waals surface area contributed by atoms with Crippen LogP contribution < -0.4 is 11.1 Å². The molecule has 1 aromatic rings. The van der Waals surface area contributed by atoms with E-state index in [1.807, 2.05) is 12.3 Å². The summed E-state index contributed by atoms with van der Waals surface area (Å²) in [5.74, 6) is -0.0720. The quantitative estimate of drug-likeness (QED) is 0.684. The van der Waals surface area contributed by atoms with E-state index in [1.165, 1.54) is 30.6 Å². The molecule has 3 N–H and O–H groups in total. The van der Waals surface area contributed by atoms with Crippen LogP contribution >= 0.6 is 11.3 Å². The van der Waals surface area contributed by atoms with Crippen LogP contribution in [0.1, 0.15) is 48.1 Å². The average molecular weight is 311 g/mol. The van der Waals surface area contributed by atoms with Crippen LogP contribution in [0.25, 0.3) is 0 Å². The van der Waals surface area contributed by atoms with Gasteiger partial charge in [-0.15, -0.1) is 11.3 Å². The summed E-state index contributed by atoms with van der Waals surface area (Å²) in [6.45, 7) is 4.84. The van der Waals surface area contributed by atoms with Gasteiger partial charge >= 0.3 is 0 Å². The van der Waals surface area contributed by atoms with Gasteiger partial charge in [-0.3, -0.25) is 4.79 Å². The van der Waals surface area contributed by atoms with Crippen LogP contribution in [0.2, 0.25) is 0 Å². The molecule has 118 valence electrons. The molecule has 6 heteroatoms. The van der Waals surface area contributed by atoms with Crippen LogP contribution in [0.5, 0.6) is 0 Å². The van der Waals surface area contributed by atoms with Gasteiger partial charge in [0.05, 0.1) is 5.01 Å². The molecule has 0 saturated heterocycles. The van der Waals surface area contributed by atoms with Gasteiger partial charge in [-0.1, -0.05) is 6.42 Å². The van der Waals surface area contributed by atoms with E-state index < -0.39 is 0 Å². The molecule has 21 heavy (non-hydrogen) atoms. The SMILES string of the molecule is CCOCCC1(CNC(=O)c2csc(CCN)n2)CCC1. The Morgan fingerprint density at radius 3 is 3.00 bits per heavy atom. The normalized spacial score (nSPS) is 16.5. The van der Waals surface area contributed by atoms with E-state index in [9.17, 15) is 4.79 Å². The lowest BCUT2D eigenvalue weighted by molar-refractivity contribution is 0.0512.